The Morgan fingerprint density at radius 1 is 1.12 bits per heavy atom. The number of amides is 2. The van der Waals surface area contributed by atoms with Gasteiger partial charge in [-0.3, -0.25) is 19.2 Å². The predicted octanol–water partition coefficient (Wildman–Crippen LogP) is 4.55. The number of nitrogens with zero attached hydrogens (tertiary/aromatic N) is 2. The van der Waals surface area contributed by atoms with Gasteiger partial charge in [-0.15, -0.1) is 0 Å². The van der Waals surface area contributed by atoms with Crippen molar-refractivity contribution >= 4 is 17.8 Å². The van der Waals surface area contributed by atoms with Gasteiger partial charge in [0.1, 0.15) is 11.9 Å². The van der Waals surface area contributed by atoms with Gasteiger partial charge in [0.15, 0.2) is 0 Å². The third kappa shape index (κ3) is 5.98. The Bertz CT molecular complexity index is 1530. The number of aromatic amines is 1. The molecule has 4 rings (SSSR count). The van der Waals surface area contributed by atoms with Crippen LogP contribution >= 0.6 is 0 Å². The minimum Gasteiger partial charge on any atom is -0.481 e. The topological polar surface area (TPSA) is 132 Å². The van der Waals surface area contributed by atoms with Gasteiger partial charge in [0.05, 0.1) is 11.5 Å². The quantitative estimate of drug-likeness (QED) is 0.324. The van der Waals surface area contributed by atoms with Crippen molar-refractivity contribution in [3.05, 3.63) is 98.7 Å². The van der Waals surface area contributed by atoms with Gasteiger partial charge in [-0.1, -0.05) is 32.0 Å². The van der Waals surface area contributed by atoms with E-state index in [4.69, 9.17) is 0 Å². The maximum atomic E-state index is 14.2. The summed E-state index contributed by atoms with van der Waals surface area (Å²) < 4.78 is 14.2. The number of carbonyl (C=O) groups excluding carboxylic acids is 2. The van der Waals surface area contributed by atoms with Crippen LogP contribution in [0.3, 0.4) is 0 Å². The average Bonchev–Trinajstić information content (AvgIpc) is 3.41. The summed E-state index contributed by atoms with van der Waals surface area (Å²) in [6, 6.07) is 10.7. The van der Waals surface area contributed by atoms with E-state index in [9.17, 15) is 28.7 Å². The lowest BCUT2D eigenvalue weighted by molar-refractivity contribution is -0.157. The standard InChI is InChI=1S/C32H37FN4O5/c1-5-32(6-2,31(41)42)27-13-12-26(22-8-7-9-25(33)18-22)37(27)30(40)20(4)35-28(38)23-11-10-21(19(3)16-23)17-24-14-15-34-36-29(24)39/h7-11,14-16,18,20,26-27H,5-6,12-13,17H2,1-4H3,(H,35,38)(H,36,39)(H,41,42)/t20-,26+,27-/m1/s1. The monoisotopic (exact) mass is 576 g/mol. The first-order valence-corrected chi connectivity index (χ1v) is 14.3. The SMILES string of the molecule is CCC(CC)(C(=O)O)[C@H]1CC[C@@H](c2cccc(F)c2)N1C(=O)[C@@H](C)NC(=O)c1ccc(Cc2ccn[nH]c2=O)c(C)c1. The molecule has 10 heteroatoms. The predicted molar refractivity (Wildman–Crippen MR) is 155 cm³/mol. The molecule has 0 spiro atoms. The van der Waals surface area contributed by atoms with Crippen molar-refractivity contribution in [2.24, 2.45) is 5.41 Å². The second-order valence-electron chi connectivity index (χ2n) is 11.0. The number of rotatable bonds is 10. The molecule has 0 radical (unpaired) electrons. The molecular formula is C32H37FN4O5. The van der Waals surface area contributed by atoms with E-state index >= 15 is 0 Å². The molecule has 2 aromatic carbocycles. The summed E-state index contributed by atoms with van der Waals surface area (Å²) in [5.41, 5.74) is 1.71. The van der Waals surface area contributed by atoms with Crippen LogP contribution in [0.2, 0.25) is 0 Å². The fraction of sp³-hybridized carbons (Fsp3) is 0.406. The highest BCUT2D eigenvalue weighted by molar-refractivity contribution is 5.98. The number of hydrogen-bond donors (Lipinski definition) is 3. The van der Waals surface area contributed by atoms with Gasteiger partial charge in [0, 0.05) is 29.8 Å². The number of likely N-dealkylation sites (tertiary alicyclic amines) is 1. The number of benzene rings is 2. The van der Waals surface area contributed by atoms with E-state index in [0.29, 0.717) is 48.8 Å². The van der Waals surface area contributed by atoms with Crippen LogP contribution in [0.15, 0.2) is 59.5 Å². The number of aryl methyl sites for hydroxylation is 1. The highest BCUT2D eigenvalue weighted by Crippen LogP contribution is 2.47. The molecular weight excluding hydrogens is 539 g/mol. The number of H-pyrrole nitrogens is 1. The van der Waals surface area contributed by atoms with E-state index in [-0.39, 0.29) is 5.56 Å². The molecule has 1 aromatic heterocycles. The second-order valence-corrected chi connectivity index (χ2v) is 11.0. The Balaban J connectivity index is 1.58. The Labute approximate surface area is 244 Å². The van der Waals surface area contributed by atoms with Crippen molar-refractivity contribution in [3.63, 3.8) is 0 Å². The van der Waals surface area contributed by atoms with Gasteiger partial charge in [-0.05, 0) is 86.6 Å². The Hall–Kier alpha value is -4.34. The van der Waals surface area contributed by atoms with Crippen LogP contribution in [-0.4, -0.2) is 50.1 Å². The summed E-state index contributed by atoms with van der Waals surface area (Å²) in [6.07, 6.45) is 3.46. The molecule has 0 saturated carbocycles. The Morgan fingerprint density at radius 2 is 1.86 bits per heavy atom. The molecule has 2 heterocycles. The highest BCUT2D eigenvalue weighted by atomic mass is 19.1. The molecule has 0 unspecified atom stereocenters. The molecule has 1 aliphatic rings. The van der Waals surface area contributed by atoms with Gasteiger partial charge >= 0.3 is 5.97 Å². The lowest BCUT2D eigenvalue weighted by Crippen LogP contribution is -2.55. The van der Waals surface area contributed by atoms with Crippen molar-refractivity contribution < 1.29 is 23.9 Å². The molecule has 3 atom stereocenters. The lowest BCUT2D eigenvalue weighted by Gasteiger charge is -2.42. The van der Waals surface area contributed by atoms with E-state index in [2.05, 4.69) is 15.5 Å². The van der Waals surface area contributed by atoms with Crippen molar-refractivity contribution in [3.8, 4) is 0 Å². The normalized spacial score (nSPS) is 17.6. The maximum Gasteiger partial charge on any atom is 0.311 e. The van der Waals surface area contributed by atoms with Crippen LogP contribution in [0.25, 0.3) is 0 Å². The zero-order valence-electron chi connectivity index (χ0n) is 24.3. The molecule has 0 aliphatic carbocycles. The van der Waals surface area contributed by atoms with E-state index in [0.717, 1.165) is 11.1 Å². The number of hydrogen-bond acceptors (Lipinski definition) is 5. The number of halogens is 1. The summed E-state index contributed by atoms with van der Waals surface area (Å²) in [7, 11) is 0. The smallest absolute Gasteiger partial charge is 0.311 e. The molecule has 3 aromatic rings. The summed E-state index contributed by atoms with van der Waals surface area (Å²) in [5, 5.41) is 19.2. The van der Waals surface area contributed by atoms with Crippen molar-refractivity contribution in [2.45, 2.75) is 77.9 Å². The van der Waals surface area contributed by atoms with Crippen molar-refractivity contribution in [1.82, 2.24) is 20.4 Å². The van der Waals surface area contributed by atoms with E-state index in [1.54, 1.807) is 62.1 Å². The minimum absolute atomic E-state index is 0.277. The van der Waals surface area contributed by atoms with E-state index < -0.39 is 47.1 Å². The van der Waals surface area contributed by atoms with Gasteiger partial charge in [0.2, 0.25) is 5.91 Å². The fourth-order valence-corrected chi connectivity index (χ4v) is 6.18. The second kappa shape index (κ2) is 12.7. The molecule has 1 fully saturated rings. The largest absolute Gasteiger partial charge is 0.481 e. The third-order valence-electron chi connectivity index (χ3n) is 8.71. The minimum atomic E-state index is -1.18. The number of carboxylic acid groups (broad SMARTS) is 1. The van der Waals surface area contributed by atoms with Crippen LogP contribution in [-0.2, 0) is 16.0 Å². The maximum absolute atomic E-state index is 14.2. The summed E-state index contributed by atoms with van der Waals surface area (Å²) in [5.74, 6) is -2.29. The fourth-order valence-electron chi connectivity index (χ4n) is 6.18. The van der Waals surface area contributed by atoms with Gasteiger partial charge in [0.25, 0.3) is 11.5 Å². The highest BCUT2D eigenvalue weighted by Gasteiger charge is 2.52. The number of carbonyl (C=O) groups is 3. The van der Waals surface area contributed by atoms with Crippen LogP contribution < -0.4 is 10.9 Å². The van der Waals surface area contributed by atoms with Gasteiger partial charge in [-0.25, -0.2) is 9.49 Å². The number of nitrogens with one attached hydrogen (secondary N) is 2. The summed E-state index contributed by atoms with van der Waals surface area (Å²) in [6.45, 7) is 7.03. The zero-order chi connectivity index (χ0) is 30.6. The molecule has 0 bridgehead atoms. The first-order valence-electron chi connectivity index (χ1n) is 14.3. The van der Waals surface area contributed by atoms with Crippen LogP contribution in [0.4, 0.5) is 4.39 Å². The van der Waals surface area contributed by atoms with Crippen LogP contribution in [0, 0.1) is 18.2 Å². The molecule has 1 aliphatic heterocycles. The first kappa shape index (κ1) is 30.6. The van der Waals surface area contributed by atoms with Gasteiger partial charge < -0.3 is 15.3 Å². The van der Waals surface area contributed by atoms with E-state index in [1.165, 1.54) is 18.3 Å². The Morgan fingerprint density at radius 3 is 2.48 bits per heavy atom. The zero-order valence-corrected chi connectivity index (χ0v) is 24.3. The Kier molecular flexibility index (Phi) is 9.23. The first-order chi connectivity index (χ1) is 20.0. The third-order valence-corrected chi connectivity index (χ3v) is 8.71. The molecule has 9 nitrogen and oxygen atoms in total. The van der Waals surface area contributed by atoms with Gasteiger partial charge in [-0.2, -0.15) is 5.10 Å². The molecule has 3 N–H and O–H groups in total. The molecule has 2 amide bonds. The summed E-state index contributed by atoms with van der Waals surface area (Å²) in [4.78, 5) is 53.5. The average molecular weight is 577 g/mol. The lowest BCUT2D eigenvalue weighted by atomic mass is 9.74. The van der Waals surface area contributed by atoms with Crippen LogP contribution in [0.1, 0.15) is 85.1 Å². The molecule has 1 saturated heterocycles. The number of carboxylic acids is 1. The molecule has 222 valence electrons. The summed E-state index contributed by atoms with van der Waals surface area (Å²) >= 11 is 0. The molecule has 42 heavy (non-hydrogen) atoms. The number of aliphatic carboxylic acids is 1. The van der Waals surface area contributed by atoms with Crippen molar-refractivity contribution in [2.75, 3.05) is 0 Å². The van der Waals surface area contributed by atoms with Crippen molar-refractivity contribution in [1.29, 1.82) is 0 Å². The number of aromatic nitrogens is 2. The van der Waals surface area contributed by atoms with Crippen LogP contribution in [0.5, 0.6) is 0 Å². The van der Waals surface area contributed by atoms with E-state index in [1.807, 2.05) is 6.92 Å².